The Balaban J connectivity index is 1.94. The second-order valence-electron chi connectivity index (χ2n) is 5.59. The standard InChI is InChI=1S/C13H21N3O2S3/c1-14-9-4-3-5-10-12(9)15-13(20-10)16-6-7-19-8-11(16)21(2,17)18/h9,11,14H,3-8H2,1-2H3. The van der Waals surface area contributed by atoms with Crippen LogP contribution in [0.25, 0.3) is 0 Å². The predicted molar refractivity (Wildman–Crippen MR) is 90.2 cm³/mol. The summed E-state index contributed by atoms with van der Waals surface area (Å²) in [6.07, 6.45) is 4.68. The molecule has 118 valence electrons. The molecule has 0 aromatic carbocycles. The number of fused-ring (bicyclic) bond motifs is 1. The lowest BCUT2D eigenvalue weighted by molar-refractivity contribution is 0.489. The van der Waals surface area contributed by atoms with E-state index in [1.54, 1.807) is 23.1 Å². The van der Waals surface area contributed by atoms with Crippen LogP contribution in [0.15, 0.2) is 0 Å². The van der Waals surface area contributed by atoms with Crippen LogP contribution in [0.1, 0.15) is 29.5 Å². The minimum Gasteiger partial charge on any atom is -0.329 e. The van der Waals surface area contributed by atoms with Crippen LogP contribution in [-0.4, -0.2) is 50.1 Å². The van der Waals surface area contributed by atoms with Gasteiger partial charge in [-0.1, -0.05) is 0 Å². The molecule has 1 aromatic rings. The fourth-order valence-corrected chi connectivity index (χ4v) is 7.09. The number of aromatic nitrogens is 1. The molecule has 5 nitrogen and oxygen atoms in total. The molecule has 0 spiro atoms. The van der Waals surface area contributed by atoms with Gasteiger partial charge in [-0.25, -0.2) is 13.4 Å². The lowest BCUT2D eigenvalue weighted by Gasteiger charge is -2.33. The maximum atomic E-state index is 12.0. The number of thiazole rings is 1. The van der Waals surface area contributed by atoms with Crippen LogP contribution in [0.4, 0.5) is 5.13 Å². The predicted octanol–water partition coefficient (Wildman–Crippen LogP) is 1.66. The van der Waals surface area contributed by atoms with Crippen LogP contribution in [0, 0.1) is 0 Å². The summed E-state index contributed by atoms with van der Waals surface area (Å²) in [6, 6.07) is 0.314. The van der Waals surface area contributed by atoms with Gasteiger partial charge in [-0.3, -0.25) is 0 Å². The number of rotatable bonds is 3. The third-order valence-electron chi connectivity index (χ3n) is 4.12. The molecule has 2 unspecified atom stereocenters. The van der Waals surface area contributed by atoms with E-state index in [0.717, 1.165) is 36.0 Å². The molecule has 0 bridgehead atoms. The molecule has 0 radical (unpaired) electrons. The van der Waals surface area contributed by atoms with Crippen molar-refractivity contribution >= 4 is 38.1 Å². The highest BCUT2D eigenvalue weighted by molar-refractivity contribution is 8.01. The number of nitrogens with one attached hydrogen (secondary N) is 1. The van der Waals surface area contributed by atoms with Crippen molar-refractivity contribution in [1.29, 1.82) is 0 Å². The first-order chi connectivity index (χ1) is 10.0. The Bertz CT molecular complexity index is 614. The molecule has 1 saturated heterocycles. The minimum absolute atomic E-state index is 0.314. The van der Waals surface area contributed by atoms with Crippen molar-refractivity contribution in [2.75, 3.05) is 36.3 Å². The van der Waals surface area contributed by atoms with Gasteiger partial charge in [-0.15, -0.1) is 11.3 Å². The van der Waals surface area contributed by atoms with Gasteiger partial charge in [0.15, 0.2) is 15.0 Å². The topological polar surface area (TPSA) is 62.3 Å². The Hall–Kier alpha value is -0.310. The fraction of sp³-hybridized carbons (Fsp3) is 0.769. The summed E-state index contributed by atoms with van der Waals surface area (Å²) in [5.41, 5.74) is 1.13. The van der Waals surface area contributed by atoms with E-state index in [2.05, 4.69) is 5.32 Å². The Labute approximate surface area is 134 Å². The van der Waals surface area contributed by atoms with Crippen LogP contribution in [0.2, 0.25) is 0 Å². The molecule has 1 aliphatic carbocycles. The van der Waals surface area contributed by atoms with E-state index in [0.29, 0.717) is 11.8 Å². The number of hydrogen-bond donors (Lipinski definition) is 1. The zero-order valence-corrected chi connectivity index (χ0v) is 14.8. The molecule has 3 rings (SSSR count). The van der Waals surface area contributed by atoms with Gasteiger partial charge in [0, 0.05) is 29.2 Å². The van der Waals surface area contributed by atoms with Gasteiger partial charge in [0.05, 0.1) is 11.7 Å². The molecule has 1 fully saturated rings. The van der Waals surface area contributed by atoms with Gasteiger partial charge in [0.25, 0.3) is 0 Å². The summed E-state index contributed by atoms with van der Waals surface area (Å²) in [6.45, 7) is 0.763. The number of thioether (sulfide) groups is 1. The van der Waals surface area contributed by atoms with E-state index >= 15 is 0 Å². The molecule has 2 aliphatic rings. The molecular weight excluding hydrogens is 326 g/mol. The molecule has 0 amide bonds. The van der Waals surface area contributed by atoms with E-state index in [9.17, 15) is 8.42 Å². The zero-order valence-electron chi connectivity index (χ0n) is 12.3. The summed E-state index contributed by atoms with van der Waals surface area (Å²) < 4.78 is 24.1. The summed E-state index contributed by atoms with van der Waals surface area (Å²) in [4.78, 5) is 8.12. The Morgan fingerprint density at radius 3 is 2.95 bits per heavy atom. The van der Waals surface area contributed by atoms with Crippen molar-refractivity contribution < 1.29 is 8.42 Å². The molecule has 0 saturated carbocycles. The van der Waals surface area contributed by atoms with E-state index in [4.69, 9.17) is 4.98 Å². The van der Waals surface area contributed by atoms with Crippen LogP contribution in [0.3, 0.4) is 0 Å². The Morgan fingerprint density at radius 2 is 2.24 bits per heavy atom. The van der Waals surface area contributed by atoms with E-state index in [1.165, 1.54) is 17.6 Å². The first-order valence-corrected chi connectivity index (χ1v) is 11.1. The molecule has 1 aromatic heterocycles. The number of nitrogens with zero attached hydrogens (tertiary/aromatic N) is 2. The van der Waals surface area contributed by atoms with Gasteiger partial charge in [0.2, 0.25) is 0 Å². The normalized spacial score (nSPS) is 26.7. The lowest BCUT2D eigenvalue weighted by Crippen LogP contribution is -2.47. The van der Waals surface area contributed by atoms with Crippen molar-refractivity contribution in [3.63, 3.8) is 0 Å². The van der Waals surface area contributed by atoms with Crippen molar-refractivity contribution in [1.82, 2.24) is 10.3 Å². The summed E-state index contributed by atoms with van der Waals surface area (Å²) in [7, 11) is -1.12. The van der Waals surface area contributed by atoms with Crippen LogP contribution in [-0.2, 0) is 16.3 Å². The SMILES string of the molecule is CNC1CCCc2sc(N3CCSCC3S(C)(=O)=O)nc21. The summed E-state index contributed by atoms with van der Waals surface area (Å²) in [5.74, 6) is 1.60. The minimum atomic E-state index is -3.09. The van der Waals surface area contributed by atoms with Gasteiger partial charge >= 0.3 is 0 Å². The summed E-state index contributed by atoms with van der Waals surface area (Å²) >= 11 is 3.39. The number of anilines is 1. The first-order valence-electron chi connectivity index (χ1n) is 7.21. The van der Waals surface area contributed by atoms with Crippen molar-refractivity contribution in [3.8, 4) is 0 Å². The lowest BCUT2D eigenvalue weighted by atomic mass is 9.98. The van der Waals surface area contributed by atoms with Gasteiger partial charge in [-0.2, -0.15) is 11.8 Å². The highest BCUT2D eigenvalue weighted by Gasteiger charge is 2.34. The third kappa shape index (κ3) is 3.09. The molecule has 2 heterocycles. The highest BCUT2D eigenvalue weighted by atomic mass is 32.2. The molecule has 1 aliphatic heterocycles. The average molecular weight is 348 g/mol. The number of sulfone groups is 1. The van der Waals surface area contributed by atoms with Crippen LogP contribution < -0.4 is 10.2 Å². The van der Waals surface area contributed by atoms with E-state index in [-0.39, 0.29) is 0 Å². The maximum absolute atomic E-state index is 12.0. The van der Waals surface area contributed by atoms with Crippen LogP contribution >= 0.6 is 23.1 Å². The molecule has 2 atom stereocenters. The maximum Gasteiger partial charge on any atom is 0.186 e. The van der Waals surface area contributed by atoms with Gasteiger partial charge in [-0.05, 0) is 26.3 Å². The smallest absolute Gasteiger partial charge is 0.186 e. The molecule has 21 heavy (non-hydrogen) atoms. The first kappa shape index (κ1) is 15.6. The number of aryl methyl sites for hydroxylation is 1. The quantitative estimate of drug-likeness (QED) is 0.897. The monoisotopic (exact) mass is 347 g/mol. The average Bonchev–Trinajstić information content (AvgIpc) is 2.90. The van der Waals surface area contributed by atoms with E-state index < -0.39 is 15.2 Å². The Morgan fingerprint density at radius 1 is 1.43 bits per heavy atom. The van der Waals surface area contributed by atoms with Crippen LogP contribution in [0.5, 0.6) is 0 Å². The number of hydrogen-bond acceptors (Lipinski definition) is 7. The third-order valence-corrected chi connectivity index (χ3v) is 7.93. The molecular formula is C13H21N3O2S3. The zero-order chi connectivity index (χ0) is 15.0. The second-order valence-corrected chi connectivity index (χ2v) is 10.0. The van der Waals surface area contributed by atoms with E-state index in [1.807, 2.05) is 11.9 Å². The second kappa shape index (κ2) is 6.06. The fourth-order valence-electron chi connectivity index (χ4n) is 2.96. The highest BCUT2D eigenvalue weighted by Crippen LogP contribution is 2.38. The largest absolute Gasteiger partial charge is 0.329 e. The van der Waals surface area contributed by atoms with Crippen molar-refractivity contribution in [3.05, 3.63) is 10.6 Å². The molecule has 1 N–H and O–H groups in total. The Kier molecular flexibility index (Phi) is 4.50. The van der Waals surface area contributed by atoms with Gasteiger partial charge in [0.1, 0.15) is 5.37 Å². The van der Waals surface area contributed by atoms with Crippen molar-refractivity contribution in [2.24, 2.45) is 0 Å². The van der Waals surface area contributed by atoms with Crippen molar-refractivity contribution in [2.45, 2.75) is 30.7 Å². The summed E-state index contributed by atoms with van der Waals surface area (Å²) in [5, 5.41) is 3.77. The van der Waals surface area contributed by atoms with Gasteiger partial charge < -0.3 is 10.2 Å². The molecule has 8 heteroatoms.